The van der Waals surface area contributed by atoms with Crippen molar-refractivity contribution in [3.05, 3.63) is 16.1 Å². The van der Waals surface area contributed by atoms with Gasteiger partial charge in [-0.05, 0) is 40.4 Å². The Morgan fingerprint density at radius 1 is 1.46 bits per heavy atom. The van der Waals surface area contributed by atoms with E-state index in [0.717, 1.165) is 50.4 Å². The first-order valence-corrected chi connectivity index (χ1v) is 9.53. The summed E-state index contributed by atoms with van der Waals surface area (Å²) in [5.74, 6) is 0.00996. The first-order valence-electron chi connectivity index (χ1n) is 8.65. The van der Waals surface area contributed by atoms with E-state index in [4.69, 9.17) is 0 Å². The third-order valence-electron chi connectivity index (χ3n) is 5.19. The minimum absolute atomic E-state index is 0.00996. The summed E-state index contributed by atoms with van der Waals surface area (Å²) in [7, 11) is 6.10. The van der Waals surface area contributed by atoms with E-state index in [1.807, 2.05) is 24.4 Å². The van der Waals surface area contributed by atoms with E-state index in [-0.39, 0.29) is 17.4 Å². The zero-order valence-corrected chi connectivity index (χ0v) is 15.7. The van der Waals surface area contributed by atoms with Crippen molar-refractivity contribution in [3.63, 3.8) is 0 Å². The van der Waals surface area contributed by atoms with Crippen molar-refractivity contribution >= 4 is 17.2 Å². The summed E-state index contributed by atoms with van der Waals surface area (Å²) in [4.78, 5) is 23.6. The minimum Gasteiger partial charge on any atom is -0.392 e. The average molecular weight is 353 g/mol. The molecule has 7 heteroatoms. The lowest BCUT2D eigenvalue weighted by Gasteiger charge is -2.50. The predicted molar refractivity (Wildman–Crippen MR) is 95.2 cm³/mol. The number of aromatic nitrogens is 1. The topological polar surface area (TPSA) is 59.9 Å². The number of hydrogen-bond donors (Lipinski definition) is 1. The minimum atomic E-state index is -0.316. The molecule has 0 aromatic carbocycles. The fraction of sp³-hybridized carbons (Fsp3) is 0.765. The predicted octanol–water partition coefficient (Wildman–Crippen LogP) is 1.12. The molecule has 2 aliphatic heterocycles. The summed E-state index contributed by atoms with van der Waals surface area (Å²) < 4.78 is 0. The van der Waals surface area contributed by atoms with E-state index >= 15 is 0 Å². The average Bonchev–Trinajstić information content (AvgIpc) is 2.98. The number of likely N-dealkylation sites (tertiary alicyclic amines) is 2. The fourth-order valence-electron chi connectivity index (χ4n) is 4.02. The molecule has 24 heavy (non-hydrogen) atoms. The largest absolute Gasteiger partial charge is 0.392 e. The molecule has 1 N–H and O–H groups in total. The van der Waals surface area contributed by atoms with Gasteiger partial charge in [0.05, 0.1) is 6.10 Å². The van der Waals surface area contributed by atoms with Crippen LogP contribution in [0, 0.1) is 5.41 Å². The van der Waals surface area contributed by atoms with Gasteiger partial charge in [-0.15, -0.1) is 11.3 Å². The summed E-state index contributed by atoms with van der Waals surface area (Å²) >= 11 is 1.54. The number of aliphatic hydroxyl groups excluding tert-OH is 1. The second-order valence-electron chi connectivity index (χ2n) is 7.60. The standard InChI is InChI=1S/C17H28N4O2S/c1-19(2)9-15-18-13(10-24-15)16(23)21-7-4-6-17(12-21)11-20(3)8-5-14(17)22/h10,14,22H,4-9,11-12H2,1-3H3/t14-,17-/m0/s1. The van der Waals surface area contributed by atoms with E-state index in [2.05, 4.69) is 21.8 Å². The molecular formula is C17H28N4O2S. The number of nitrogens with zero attached hydrogens (tertiary/aromatic N) is 4. The lowest BCUT2D eigenvalue weighted by Crippen LogP contribution is -2.59. The summed E-state index contributed by atoms with van der Waals surface area (Å²) in [5, 5.41) is 13.4. The van der Waals surface area contributed by atoms with E-state index in [1.165, 1.54) is 0 Å². The number of hydrogen-bond acceptors (Lipinski definition) is 6. The molecule has 6 nitrogen and oxygen atoms in total. The molecule has 2 saturated heterocycles. The third kappa shape index (κ3) is 3.64. The Hall–Kier alpha value is -1.02. The van der Waals surface area contributed by atoms with Gasteiger partial charge >= 0.3 is 0 Å². The van der Waals surface area contributed by atoms with Crippen LogP contribution in [-0.4, -0.2) is 84.1 Å². The van der Waals surface area contributed by atoms with Crippen LogP contribution < -0.4 is 0 Å². The molecule has 2 fully saturated rings. The molecule has 0 aliphatic carbocycles. The number of rotatable bonds is 3. The van der Waals surface area contributed by atoms with Crippen LogP contribution >= 0.6 is 11.3 Å². The van der Waals surface area contributed by atoms with Gasteiger partial charge in [0.15, 0.2) is 0 Å². The molecular weight excluding hydrogens is 324 g/mol. The molecule has 0 bridgehead atoms. The van der Waals surface area contributed by atoms with Gasteiger partial charge in [0.25, 0.3) is 5.91 Å². The van der Waals surface area contributed by atoms with Crippen LogP contribution in [0.1, 0.15) is 34.8 Å². The molecule has 134 valence electrons. The lowest BCUT2D eigenvalue weighted by molar-refractivity contribution is -0.0731. The zero-order chi connectivity index (χ0) is 17.3. The molecule has 3 rings (SSSR count). The van der Waals surface area contributed by atoms with Gasteiger partial charge in [0, 0.05) is 43.5 Å². The van der Waals surface area contributed by atoms with Crippen molar-refractivity contribution in [1.29, 1.82) is 0 Å². The van der Waals surface area contributed by atoms with Crippen molar-refractivity contribution in [2.24, 2.45) is 5.41 Å². The molecule has 2 aliphatic rings. The SMILES string of the molecule is CN(C)Cc1nc(C(=O)N2CCC[C@]3(CN(C)CC[C@@H]3O)C2)cs1. The van der Waals surface area contributed by atoms with Gasteiger partial charge in [-0.25, -0.2) is 4.98 Å². The first kappa shape index (κ1) is 17.8. The summed E-state index contributed by atoms with van der Waals surface area (Å²) in [6.07, 6.45) is 2.42. The van der Waals surface area contributed by atoms with Crippen LogP contribution in [0.5, 0.6) is 0 Å². The second-order valence-corrected chi connectivity index (χ2v) is 8.54. The van der Waals surface area contributed by atoms with Gasteiger partial charge in [-0.1, -0.05) is 0 Å². The van der Waals surface area contributed by atoms with E-state index in [1.54, 1.807) is 11.3 Å². The number of aliphatic hydroxyl groups is 1. The van der Waals surface area contributed by atoms with Gasteiger partial charge < -0.3 is 19.8 Å². The fourth-order valence-corrected chi connectivity index (χ4v) is 4.90. The molecule has 1 amide bonds. The monoisotopic (exact) mass is 352 g/mol. The molecule has 0 radical (unpaired) electrons. The van der Waals surface area contributed by atoms with Crippen molar-refractivity contribution < 1.29 is 9.90 Å². The molecule has 1 aromatic rings. The van der Waals surface area contributed by atoms with Crippen LogP contribution in [0.15, 0.2) is 5.38 Å². The Balaban J connectivity index is 1.72. The lowest BCUT2D eigenvalue weighted by atomic mass is 9.71. The normalized spacial score (nSPS) is 28.7. The molecule has 1 spiro atoms. The molecule has 0 saturated carbocycles. The molecule has 1 aromatic heterocycles. The number of thiazole rings is 1. The maximum atomic E-state index is 12.9. The van der Waals surface area contributed by atoms with E-state index in [0.29, 0.717) is 12.2 Å². The third-order valence-corrected chi connectivity index (χ3v) is 6.03. The van der Waals surface area contributed by atoms with Crippen LogP contribution in [0.3, 0.4) is 0 Å². The van der Waals surface area contributed by atoms with Gasteiger partial charge in [0.1, 0.15) is 10.7 Å². The number of carbonyl (C=O) groups excluding carboxylic acids is 1. The van der Waals surface area contributed by atoms with Crippen LogP contribution in [0.2, 0.25) is 0 Å². The van der Waals surface area contributed by atoms with Crippen LogP contribution in [-0.2, 0) is 6.54 Å². The smallest absolute Gasteiger partial charge is 0.273 e. The van der Waals surface area contributed by atoms with Crippen molar-refractivity contribution in [3.8, 4) is 0 Å². The van der Waals surface area contributed by atoms with Crippen molar-refractivity contribution in [1.82, 2.24) is 19.7 Å². The Bertz CT molecular complexity index is 591. The zero-order valence-electron chi connectivity index (χ0n) is 14.9. The summed E-state index contributed by atoms with van der Waals surface area (Å²) in [6.45, 7) is 3.94. The number of amides is 1. The van der Waals surface area contributed by atoms with Crippen molar-refractivity contribution in [2.75, 3.05) is 47.3 Å². The first-order chi connectivity index (χ1) is 11.4. The number of piperidine rings is 2. The highest BCUT2D eigenvalue weighted by Crippen LogP contribution is 2.38. The summed E-state index contributed by atoms with van der Waals surface area (Å²) in [5.41, 5.74) is 0.371. The van der Waals surface area contributed by atoms with Gasteiger partial charge in [-0.2, -0.15) is 0 Å². The van der Waals surface area contributed by atoms with E-state index in [9.17, 15) is 9.90 Å². The maximum Gasteiger partial charge on any atom is 0.273 e. The van der Waals surface area contributed by atoms with Gasteiger partial charge in [0.2, 0.25) is 0 Å². The highest BCUT2D eigenvalue weighted by atomic mass is 32.1. The quantitative estimate of drug-likeness (QED) is 0.883. The van der Waals surface area contributed by atoms with Crippen molar-refractivity contribution in [2.45, 2.75) is 31.9 Å². The Morgan fingerprint density at radius 2 is 2.25 bits per heavy atom. The Labute approximate surface area is 148 Å². The van der Waals surface area contributed by atoms with Crippen LogP contribution in [0.25, 0.3) is 0 Å². The van der Waals surface area contributed by atoms with Crippen LogP contribution in [0.4, 0.5) is 0 Å². The highest BCUT2D eigenvalue weighted by Gasteiger charge is 2.45. The molecule has 0 unspecified atom stereocenters. The second kappa shape index (κ2) is 7.07. The maximum absolute atomic E-state index is 12.9. The molecule has 3 heterocycles. The highest BCUT2D eigenvalue weighted by molar-refractivity contribution is 7.09. The number of carbonyl (C=O) groups is 1. The van der Waals surface area contributed by atoms with E-state index < -0.39 is 0 Å². The summed E-state index contributed by atoms with van der Waals surface area (Å²) in [6, 6.07) is 0. The Morgan fingerprint density at radius 3 is 3.00 bits per heavy atom. The Kier molecular flexibility index (Phi) is 5.24. The molecule has 2 atom stereocenters. The van der Waals surface area contributed by atoms with Gasteiger partial charge in [-0.3, -0.25) is 4.79 Å².